The smallest absolute Gasteiger partial charge is 0.208 e. The van der Waals surface area contributed by atoms with Crippen LogP contribution in [0.15, 0.2) is 11.6 Å². The third-order valence-electron chi connectivity index (χ3n) is 1.06. The monoisotopic (exact) mass is 177 g/mol. The standard InChI is InChI=1S/C7H15NO2S/c1-7(2)5-4-6-8-11(3,9)10/h5,8H,4,6H2,1-3H3. The maximum atomic E-state index is 10.5. The topological polar surface area (TPSA) is 46.2 Å². The molecule has 0 aromatic heterocycles. The van der Waals surface area contributed by atoms with Crippen molar-refractivity contribution in [2.45, 2.75) is 20.3 Å². The Morgan fingerprint density at radius 1 is 1.45 bits per heavy atom. The first-order valence-electron chi connectivity index (χ1n) is 3.50. The fourth-order valence-corrected chi connectivity index (χ4v) is 1.09. The van der Waals surface area contributed by atoms with Gasteiger partial charge < -0.3 is 0 Å². The van der Waals surface area contributed by atoms with E-state index >= 15 is 0 Å². The second-order valence-corrected chi connectivity index (χ2v) is 4.57. The summed E-state index contributed by atoms with van der Waals surface area (Å²) >= 11 is 0. The van der Waals surface area contributed by atoms with Crippen LogP contribution in [0, 0.1) is 0 Å². The Hall–Kier alpha value is -0.350. The van der Waals surface area contributed by atoms with Crippen molar-refractivity contribution in [3.63, 3.8) is 0 Å². The summed E-state index contributed by atoms with van der Waals surface area (Å²) in [6.45, 7) is 4.46. The molecular weight excluding hydrogens is 162 g/mol. The van der Waals surface area contributed by atoms with Crippen LogP contribution in [-0.4, -0.2) is 21.2 Å². The van der Waals surface area contributed by atoms with Gasteiger partial charge in [0.25, 0.3) is 0 Å². The Kier molecular flexibility index (Phi) is 4.37. The summed E-state index contributed by atoms with van der Waals surface area (Å²) in [5.41, 5.74) is 1.21. The van der Waals surface area contributed by atoms with Crippen molar-refractivity contribution in [1.82, 2.24) is 4.72 Å². The molecule has 4 heteroatoms. The minimum atomic E-state index is -3.00. The lowest BCUT2D eigenvalue weighted by Crippen LogP contribution is -2.22. The summed E-state index contributed by atoms with van der Waals surface area (Å²) in [6.07, 6.45) is 3.92. The van der Waals surface area contributed by atoms with E-state index in [4.69, 9.17) is 0 Å². The van der Waals surface area contributed by atoms with E-state index in [2.05, 4.69) is 4.72 Å². The maximum Gasteiger partial charge on any atom is 0.208 e. The molecule has 0 atom stereocenters. The second-order valence-electron chi connectivity index (χ2n) is 2.74. The van der Waals surface area contributed by atoms with E-state index < -0.39 is 10.0 Å². The zero-order valence-corrected chi connectivity index (χ0v) is 8.03. The molecule has 3 nitrogen and oxygen atoms in total. The molecule has 0 amide bonds. The molecule has 0 fully saturated rings. The largest absolute Gasteiger partial charge is 0.215 e. The number of nitrogens with one attached hydrogen (secondary N) is 1. The molecule has 0 unspecified atom stereocenters. The fraction of sp³-hybridized carbons (Fsp3) is 0.714. The minimum absolute atomic E-state index is 0.490. The quantitative estimate of drug-likeness (QED) is 0.512. The molecule has 0 rings (SSSR count). The Bertz CT molecular complexity index is 225. The molecular formula is C7H15NO2S. The lowest BCUT2D eigenvalue weighted by atomic mass is 10.3. The van der Waals surface area contributed by atoms with Gasteiger partial charge in [-0.3, -0.25) is 0 Å². The molecule has 0 saturated carbocycles. The summed E-state index contributed by atoms with van der Waals surface area (Å²) in [4.78, 5) is 0. The van der Waals surface area contributed by atoms with E-state index in [0.29, 0.717) is 6.54 Å². The third-order valence-corrected chi connectivity index (χ3v) is 1.79. The Morgan fingerprint density at radius 3 is 2.36 bits per heavy atom. The summed E-state index contributed by atoms with van der Waals surface area (Å²) in [5, 5.41) is 0. The molecule has 0 spiro atoms. The number of allylic oxidation sites excluding steroid dienone is 1. The maximum absolute atomic E-state index is 10.5. The number of sulfonamides is 1. The molecule has 0 radical (unpaired) electrons. The molecule has 0 aliphatic rings. The molecule has 1 N–H and O–H groups in total. The van der Waals surface area contributed by atoms with Gasteiger partial charge in [-0.15, -0.1) is 0 Å². The molecule has 0 aromatic rings. The van der Waals surface area contributed by atoms with Crippen molar-refractivity contribution in [3.8, 4) is 0 Å². The average molecular weight is 177 g/mol. The highest BCUT2D eigenvalue weighted by Gasteiger charge is 1.96. The van der Waals surface area contributed by atoms with Gasteiger partial charge >= 0.3 is 0 Å². The molecule has 66 valence electrons. The normalized spacial score (nSPS) is 11.2. The van der Waals surface area contributed by atoms with Crippen LogP contribution in [0.25, 0.3) is 0 Å². The molecule has 0 aromatic carbocycles. The van der Waals surface area contributed by atoms with Gasteiger partial charge in [-0.2, -0.15) is 0 Å². The lowest BCUT2D eigenvalue weighted by molar-refractivity contribution is 0.588. The van der Waals surface area contributed by atoms with Crippen molar-refractivity contribution < 1.29 is 8.42 Å². The van der Waals surface area contributed by atoms with E-state index in [9.17, 15) is 8.42 Å². The molecule has 0 bridgehead atoms. The molecule has 0 aliphatic carbocycles. The Balaban J connectivity index is 3.53. The van der Waals surface area contributed by atoms with E-state index in [1.54, 1.807) is 0 Å². The second kappa shape index (κ2) is 4.51. The molecule has 11 heavy (non-hydrogen) atoms. The SMILES string of the molecule is CC(C)=CCCNS(C)(=O)=O. The van der Waals surface area contributed by atoms with Crippen molar-refractivity contribution in [3.05, 3.63) is 11.6 Å². The summed E-state index contributed by atoms with van der Waals surface area (Å²) < 4.78 is 23.5. The van der Waals surface area contributed by atoms with Crippen LogP contribution in [0.1, 0.15) is 20.3 Å². The van der Waals surface area contributed by atoms with Crippen molar-refractivity contribution in [2.75, 3.05) is 12.8 Å². The number of hydrogen-bond donors (Lipinski definition) is 1. The van der Waals surface area contributed by atoms with E-state index in [-0.39, 0.29) is 0 Å². The Morgan fingerprint density at radius 2 is 2.00 bits per heavy atom. The van der Waals surface area contributed by atoms with Crippen LogP contribution in [0.2, 0.25) is 0 Å². The van der Waals surface area contributed by atoms with Gasteiger partial charge in [-0.25, -0.2) is 13.1 Å². The molecule has 0 aliphatic heterocycles. The van der Waals surface area contributed by atoms with Gasteiger partial charge in [0.15, 0.2) is 0 Å². The molecule has 0 saturated heterocycles. The number of rotatable bonds is 4. The summed E-state index contributed by atoms with van der Waals surface area (Å²) in [6, 6.07) is 0. The highest BCUT2D eigenvalue weighted by atomic mass is 32.2. The van der Waals surface area contributed by atoms with E-state index in [1.165, 1.54) is 5.57 Å². The van der Waals surface area contributed by atoms with Crippen LogP contribution in [0.3, 0.4) is 0 Å². The summed E-state index contributed by atoms with van der Waals surface area (Å²) in [7, 11) is -3.00. The molecule has 0 heterocycles. The minimum Gasteiger partial charge on any atom is -0.215 e. The van der Waals surface area contributed by atoms with E-state index in [0.717, 1.165) is 12.7 Å². The zero-order chi connectivity index (χ0) is 8.91. The highest BCUT2D eigenvalue weighted by Crippen LogP contribution is 1.91. The van der Waals surface area contributed by atoms with Crippen LogP contribution >= 0.6 is 0 Å². The van der Waals surface area contributed by atoms with Gasteiger partial charge in [-0.05, 0) is 20.3 Å². The van der Waals surface area contributed by atoms with Crippen LogP contribution in [0.5, 0.6) is 0 Å². The van der Waals surface area contributed by atoms with Gasteiger partial charge in [0, 0.05) is 6.54 Å². The van der Waals surface area contributed by atoms with Gasteiger partial charge in [0.1, 0.15) is 0 Å². The number of hydrogen-bond acceptors (Lipinski definition) is 2. The van der Waals surface area contributed by atoms with E-state index in [1.807, 2.05) is 19.9 Å². The predicted octanol–water partition coefficient (Wildman–Crippen LogP) is 0.892. The average Bonchev–Trinajstić information content (AvgIpc) is 1.78. The Labute approximate surface area is 68.5 Å². The first kappa shape index (κ1) is 10.7. The fourth-order valence-electron chi connectivity index (χ4n) is 0.605. The first-order valence-corrected chi connectivity index (χ1v) is 5.39. The first-order chi connectivity index (χ1) is 4.92. The van der Waals surface area contributed by atoms with Crippen molar-refractivity contribution in [2.24, 2.45) is 0 Å². The van der Waals surface area contributed by atoms with Gasteiger partial charge in [0.2, 0.25) is 10.0 Å². The van der Waals surface area contributed by atoms with Gasteiger partial charge in [-0.1, -0.05) is 11.6 Å². The van der Waals surface area contributed by atoms with Crippen LogP contribution in [-0.2, 0) is 10.0 Å². The highest BCUT2D eigenvalue weighted by molar-refractivity contribution is 7.88. The van der Waals surface area contributed by atoms with Crippen LogP contribution in [0.4, 0.5) is 0 Å². The van der Waals surface area contributed by atoms with Crippen molar-refractivity contribution in [1.29, 1.82) is 0 Å². The third kappa shape index (κ3) is 9.65. The predicted molar refractivity (Wildman–Crippen MR) is 46.9 cm³/mol. The van der Waals surface area contributed by atoms with Crippen LogP contribution < -0.4 is 4.72 Å². The van der Waals surface area contributed by atoms with Crippen molar-refractivity contribution >= 4 is 10.0 Å². The lowest BCUT2D eigenvalue weighted by Gasteiger charge is -1.97. The zero-order valence-electron chi connectivity index (χ0n) is 7.22. The van der Waals surface area contributed by atoms with Gasteiger partial charge in [0.05, 0.1) is 6.26 Å². The summed E-state index contributed by atoms with van der Waals surface area (Å²) in [5.74, 6) is 0.